The second kappa shape index (κ2) is 11.9. The summed E-state index contributed by atoms with van der Waals surface area (Å²) in [6.45, 7) is 7.20. The molecule has 0 unspecified atom stereocenters. The highest BCUT2D eigenvalue weighted by atomic mass is 79.9. The number of hydrogen-bond donors (Lipinski definition) is 1. The Kier molecular flexibility index (Phi) is 9.16. The van der Waals surface area contributed by atoms with Gasteiger partial charge in [-0.25, -0.2) is 22.2 Å². The van der Waals surface area contributed by atoms with E-state index in [1.165, 1.54) is 30.6 Å². The van der Waals surface area contributed by atoms with Crippen LogP contribution in [0, 0.1) is 18.6 Å². The lowest BCUT2D eigenvalue weighted by atomic mass is 10.0. The lowest BCUT2D eigenvalue weighted by molar-refractivity contribution is 0.557. The van der Waals surface area contributed by atoms with Gasteiger partial charge in [0.15, 0.2) is 5.03 Å². The van der Waals surface area contributed by atoms with Gasteiger partial charge in [0.05, 0.1) is 21.8 Å². The number of nitrogens with one attached hydrogen (secondary N) is 1. The summed E-state index contributed by atoms with van der Waals surface area (Å²) >= 11 is 10.1. The Morgan fingerprint density at radius 3 is 2.50 bits per heavy atom. The Hall–Kier alpha value is -2.88. The fraction of sp³-hybridized carbons (Fsp3) is 0.154. The molecule has 10 heteroatoms. The molecule has 5 nitrogen and oxygen atoms in total. The van der Waals surface area contributed by atoms with Gasteiger partial charge in [0.2, 0.25) is 9.84 Å². The van der Waals surface area contributed by atoms with Crippen LogP contribution in [0.15, 0.2) is 93.3 Å². The highest BCUT2D eigenvalue weighted by molar-refractivity contribution is 9.10. The van der Waals surface area contributed by atoms with E-state index in [-0.39, 0.29) is 33.5 Å². The van der Waals surface area contributed by atoms with E-state index in [9.17, 15) is 17.2 Å². The molecule has 36 heavy (non-hydrogen) atoms. The fourth-order valence-electron chi connectivity index (χ4n) is 3.38. The zero-order chi connectivity index (χ0) is 26.5. The van der Waals surface area contributed by atoms with Crippen LogP contribution < -0.4 is 5.32 Å². The molecule has 0 aliphatic carbocycles. The number of aryl methyl sites for hydroxylation is 2. The molecule has 0 atom stereocenters. The van der Waals surface area contributed by atoms with E-state index in [1.807, 2.05) is 0 Å². The number of hydrogen-bond acceptors (Lipinski definition) is 5. The molecule has 0 saturated heterocycles. The fourth-order valence-corrected chi connectivity index (χ4v) is 5.20. The largest absolute Gasteiger partial charge is 0.366 e. The number of sulfone groups is 1. The van der Waals surface area contributed by atoms with Crippen LogP contribution >= 0.6 is 27.5 Å². The number of aromatic nitrogens is 2. The van der Waals surface area contributed by atoms with E-state index in [2.05, 4.69) is 37.8 Å². The van der Waals surface area contributed by atoms with Crippen molar-refractivity contribution in [3.05, 3.63) is 112 Å². The van der Waals surface area contributed by atoms with Gasteiger partial charge in [-0.2, -0.15) is 0 Å². The second-order valence-corrected chi connectivity index (χ2v) is 11.1. The Bertz CT molecular complexity index is 1460. The van der Waals surface area contributed by atoms with Crippen molar-refractivity contribution >= 4 is 42.4 Å². The Balaban J connectivity index is 2.07. The summed E-state index contributed by atoms with van der Waals surface area (Å²) in [6, 6.07) is 8.45. The Labute approximate surface area is 222 Å². The van der Waals surface area contributed by atoms with Gasteiger partial charge in [-0.3, -0.25) is 4.98 Å². The molecule has 188 valence electrons. The predicted molar refractivity (Wildman–Crippen MR) is 141 cm³/mol. The maximum Gasteiger partial charge on any atom is 0.223 e. The molecule has 2 aromatic heterocycles. The molecular formula is C26H23BrClF2N3O2S. The topological polar surface area (TPSA) is 72.0 Å². The van der Waals surface area contributed by atoms with Crippen molar-refractivity contribution in [2.24, 2.45) is 0 Å². The third-order valence-electron chi connectivity index (χ3n) is 5.23. The number of rotatable bonds is 9. The van der Waals surface area contributed by atoms with E-state index >= 15 is 0 Å². The molecule has 0 spiro atoms. The normalized spacial score (nSPS) is 12.8. The summed E-state index contributed by atoms with van der Waals surface area (Å²) in [6.07, 6.45) is 6.05. The molecule has 0 bridgehead atoms. The number of allylic oxidation sites excluding steroid dienone is 3. The lowest BCUT2D eigenvalue weighted by Gasteiger charge is -2.13. The average Bonchev–Trinajstić information content (AvgIpc) is 2.83. The molecule has 0 amide bonds. The SMILES string of the molecule is C=CN/C(C)=C\C(CCc1ncc(F)cc1F)=C(\Cl)c1cc(S(=O)(=O)c2ccc(Br)cc2)ncc1C. The minimum Gasteiger partial charge on any atom is -0.366 e. The van der Waals surface area contributed by atoms with E-state index in [1.54, 1.807) is 32.1 Å². The third kappa shape index (κ3) is 6.66. The van der Waals surface area contributed by atoms with Gasteiger partial charge in [-0.05, 0) is 80.4 Å². The van der Waals surface area contributed by atoms with Crippen LogP contribution in [0.5, 0.6) is 0 Å². The summed E-state index contributed by atoms with van der Waals surface area (Å²) in [4.78, 5) is 8.07. The van der Waals surface area contributed by atoms with Crippen LogP contribution in [-0.2, 0) is 16.3 Å². The van der Waals surface area contributed by atoms with E-state index in [0.29, 0.717) is 22.4 Å². The zero-order valence-corrected chi connectivity index (χ0v) is 22.7. The van der Waals surface area contributed by atoms with Gasteiger partial charge in [0.25, 0.3) is 0 Å². The van der Waals surface area contributed by atoms with Crippen molar-refractivity contribution in [3.63, 3.8) is 0 Å². The van der Waals surface area contributed by atoms with Gasteiger partial charge >= 0.3 is 0 Å². The molecule has 0 aliphatic rings. The van der Waals surface area contributed by atoms with Crippen molar-refractivity contribution in [1.82, 2.24) is 15.3 Å². The first-order valence-corrected chi connectivity index (χ1v) is 13.4. The van der Waals surface area contributed by atoms with Gasteiger partial charge in [-0.1, -0.05) is 34.1 Å². The quantitative estimate of drug-likeness (QED) is 0.274. The van der Waals surface area contributed by atoms with Gasteiger partial charge in [0, 0.05) is 28.0 Å². The number of pyridine rings is 2. The monoisotopic (exact) mass is 593 g/mol. The van der Waals surface area contributed by atoms with Gasteiger partial charge in [0.1, 0.15) is 11.6 Å². The summed E-state index contributed by atoms with van der Waals surface area (Å²) in [5.41, 5.74) is 2.51. The van der Waals surface area contributed by atoms with Crippen LogP contribution in [0.3, 0.4) is 0 Å². The molecule has 0 fully saturated rings. The van der Waals surface area contributed by atoms with Crippen molar-refractivity contribution in [3.8, 4) is 0 Å². The first kappa shape index (κ1) is 27.7. The smallest absolute Gasteiger partial charge is 0.223 e. The van der Waals surface area contributed by atoms with Crippen molar-refractivity contribution in [1.29, 1.82) is 0 Å². The maximum absolute atomic E-state index is 14.2. The van der Waals surface area contributed by atoms with Crippen LogP contribution in [0.2, 0.25) is 0 Å². The van der Waals surface area contributed by atoms with Crippen molar-refractivity contribution < 1.29 is 17.2 Å². The standard InChI is InChI=1S/C26H23BrClF2N3O2S/c1-4-31-17(3)11-18(5-10-24-23(30)12-20(29)15-32-24)26(28)22-13-25(33-14-16(22)2)36(34,35)21-8-6-19(27)7-9-21/h4,6-9,11-15,31H,1,5,10H2,2-3H3/b17-11-,26-18+. The first-order valence-electron chi connectivity index (χ1n) is 10.7. The highest BCUT2D eigenvalue weighted by Gasteiger charge is 2.22. The number of nitrogens with zero attached hydrogens (tertiary/aromatic N) is 2. The zero-order valence-electron chi connectivity index (χ0n) is 19.5. The molecule has 0 radical (unpaired) electrons. The minimum atomic E-state index is -3.90. The van der Waals surface area contributed by atoms with Crippen LogP contribution in [0.25, 0.3) is 5.03 Å². The number of benzene rings is 1. The predicted octanol–water partition coefficient (Wildman–Crippen LogP) is 6.88. The average molecular weight is 595 g/mol. The second-order valence-electron chi connectivity index (χ2n) is 7.89. The van der Waals surface area contributed by atoms with E-state index < -0.39 is 21.5 Å². The van der Waals surface area contributed by atoms with Gasteiger partial charge in [-0.15, -0.1) is 0 Å². The molecular weight excluding hydrogens is 572 g/mol. The van der Waals surface area contributed by atoms with Crippen molar-refractivity contribution in [2.75, 3.05) is 0 Å². The third-order valence-corrected chi connectivity index (χ3v) is 7.87. The molecule has 0 aliphatic heterocycles. The van der Waals surface area contributed by atoms with Crippen molar-refractivity contribution in [2.45, 2.75) is 36.6 Å². The summed E-state index contributed by atoms with van der Waals surface area (Å²) in [7, 11) is -3.90. The molecule has 0 saturated carbocycles. The summed E-state index contributed by atoms with van der Waals surface area (Å²) < 4.78 is 54.6. The van der Waals surface area contributed by atoms with Crippen LogP contribution in [0.4, 0.5) is 8.78 Å². The molecule has 3 aromatic rings. The highest BCUT2D eigenvalue weighted by Crippen LogP contribution is 2.32. The van der Waals surface area contributed by atoms with Crippen LogP contribution in [-0.4, -0.2) is 18.4 Å². The lowest BCUT2D eigenvalue weighted by Crippen LogP contribution is -2.06. The first-order chi connectivity index (χ1) is 17.0. The van der Waals surface area contributed by atoms with Crippen LogP contribution in [0.1, 0.15) is 30.2 Å². The summed E-state index contributed by atoms with van der Waals surface area (Å²) in [5, 5.41) is 3.08. The minimum absolute atomic E-state index is 0.0889. The van der Waals surface area contributed by atoms with E-state index in [0.717, 1.165) is 16.7 Å². The summed E-state index contributed by atoms with van der Waals surface area (Å²) in [5.74, 6) is -1.51. The van der Waals surface area contributed by atoms with Gasteiger partial charge < -0.3 is 5.32 Å². The molecule has 3 rings (SSSR count). The maximum atomic E-state index is 14.2. The number of halogens is 4. The Morgan fingerprint density at radius 2 is 1.86 bits per heavy atom. The Morgan fingerprint density at radius 1 is 1.17 bits per heavy atom. The molecule has 1 aromatic carbocycles. The van der Waals surface area contributed by atoms with E-state index in [4.69, 9.17) is 11.6 Å². The molecule has 1 N–H and O–H groups in total. The molecule has 2 heterocycles.